The van der Waals surface area contributed by atoms with E-state index < -0.39 is 10.0 Å². The molecule has 25 heavy (non-hydrogen) atoms. The molecule has 0 radical (unpaired) electrons. The molecule has 1 atom stereocenters. The van der Waals surface area contributed by atoms with Crippen LogP contribution in [0.4, 0.5) is 0 Å². The van der Waals surface area contributed by atoms with Crippen LogP contribution in [0, 0.1) is 20.8 Å². The number of nitrogens with zero attached hydrogens (tertiary/aromatic N) is 1. The Morgan fingerprint density at radius 1 is 1.24 bits per heavy atom. The number of rotatable bonds is 6. The lowest BCUT2D eigenvalue weighted by molar-refractivity contribution is 0.479. The second kappa shape index (κ2) is 7.03. The van der Waals surface area contributed by atoms with Gasteiger partial charge < -0.3 is 4.42 Å². The van der Waals surface area contributed by atoms with Gasteiger partial charge in [0, 0.05) is 22.2 Å². The van der Waals surface area contributed by atoms with Gasteiger partial charge in [-0.15, -0.1) is 22.7 Å². The molecule has 134 valence electrons. The number of aromatic nitrogens is 1. The minimum atomic E-state index is -3.59. The Bertz CT molecular complexity index is 950. The topological polar surface area (TPSA) is 72.2 Å². The number of hydrogen-bond donors (Lipinski definition) is 1. The van der Waals surface area contributed by atoms with Gasteiger partial charge in [0.2, 0.25) is 10.0 Å². The van der Waals surface area contributed by atoms with E-state index in [2.05, 4.69) is 9.71 Å². The normalized spacial score (nSPS) is 13.3. The van der Waals surface area contributed by atoms with Crippen molar-refractivity contribution >= 4 is 32.7 Å². The van der Waals surface area contributed by atoms with Crippen molar-refractivity contribution < 1.29 is 12.8 Å². The number of aryl methyl sites for hydroxylation is 3. The summed E-state index contributed by atoms with van der Waals surface area (Å²) in [5.74, 6) is 0.756. The van der Waals surface area contributed by atoms with E-state index in [0.717, 1.165) is 31.1 Å². The van der Waals surface area contributed by atoms with Crippen LogP contribution in [-0.4, -0.2) is 19.4 Å². The molecule has 8 heteroatoms. The summed E-state index contributed by atoms with van der Waals surface area (Å²) in [7, 11) is -3.59. The van der Waals surface area contributed by atoms with E-state index in [4.69, 9.17) is 4.42 Å². The molecule has 3 aromatic heterocycles. The number of thiazole rings is 1. The van der Waals surface area contributed by atoms with Crippen molar-refractivity contribution in [3.05, 3.63) is 45.7 Å². The van der Waals surface area contributed by atoms with Crippen LogP contribution in [0.5, 0.6) is 0 Å². The molecule has 0 fully saturated rings. The third-order valence-corrected chi connectivity index (χ3v) is 7.98. The Labute approximate surface area is 155 Å². The summed E-state index contributed by atoms with van der Waals surface area (Å²) >= 11 is 3.05. The third kappa shape index (κ3) is 4.03. The van der Waals surface area contributed by atoms with Crippen LogP contribution in [0.2, 0.25) is 0 Å². The zero-order valence-electron chi connectivity index (χ0n) is 14.5. The first-order chi connectivity index (χ1) is 11.8. The van der Waals surface area contributed by atoms with E-state index in [1.54, 1.807) is 29.7 Å². The van der Waals surface area contributed by atoms with Gasteiger partial charge in [0.15, 0.2) is 0 Å². The van der Waals surface area contributed by atoms with Gasteiger partial charge >= 0.3 is 0 Å². The molecule has 0 unspecified atom stereocenters. The molecule has 1 N–H and O–H groups in total. The van der Waals surface area contributed by atoms with Crippen molar-refractivity contribution in [3.8, 4) is 9.88 Å². The van der Waals surface area contributed by atoms with Crippen LogP contribution in [-0.2, 0) is 16.4 Å². The van der Waals surface area contributed by atoms with E-state index in [9.17, 15) is 8.42 Å². The van der Waals surface area contributed by atoms with Gasteiger partial charge in [0.25, 0.3) is 0 Å². The smallest absolute Gasteiger partial charge is 0.241 e. The molecular formula is C17H20N2O3S3. The predicted octanol–water partition coefficient (Wildman–Crippen LogP) is 4.30. The standard InChI is InChI=1S/C17H20N2O3S3/c1-10(8-14-6-5-7-22-14)19-25(20,21)16-9-15(23-13(16)4)17-18-11(2)12(3)24-17/h5-7,9-10,19H,8H2,1-4H3/t10-/m0/s1. The lowest BCUT2D eigenvalue weighted by Gasteiger charge is -2.12. The fourth-order valence-corrected chi connectivity index (χ4v) is 6.31. The summed E-state index contributed by atoms with van der Waals surface area (Å²) in [5, 5.41) is 0.869. The highest BCUT2D eigenvalue weighted by Crippen LogP contribution is 2.36. The van der Waals surface area contributed by atoms with E-state index >= 15 is 0 Å². The number of hydrogen-bond acceptors (Lipinski definition) is 6. The van der Waals surface area contributed by atoms with Gasteiger partial charge in [-0.2, -0.15) is 0 Å². The highest BCUT2D eigenvalue weighted by molar-refractivity contribution is 7.89. The molecule has 0 aliphatic heterocycles. The Balaban J connectivity index is 1.82. The molecule has 3 rings (SSSR count). The van der Waals surface area contributed by atoms with Gasteiger partial charge in [-0.3, -0.25) is 0 Å². The first-order valence-corrected chi connectivity index (χ1v) is 11.0. The molecule has 3 heterocycles. The van der Waals surface area contributed by atoms with Gasteiger partial charge in [-0.1, -0.05) is 0 Å². The second-order valence-corrected chi connectivity index (χ2v) is 10.1. The number of nitrogens with one attached hydrogen (secondary N) is 1. The molecule has 0 aliphatic carbocycles. The average Bonchev–Trinajstić information content (AvgIpc) is 3.21. The molecule has 0 saturated heterocycles. The zero-order chi connectivity index (χ0) is 18.2. The van der Waals surface area contributed by atoms with Crippen molar-refractivity contribution in [2.75, 3.05) is 0 Å². The van der Waals surface area contributed by atoms with Crippen molar-refractivity contribution in [2.24, 2.45) is 0 Å². The molecule has 0 amide bonds. The molecule has 0 aromatic carbocycles. The number of furan rings is 1. The molecule has 0 spiro atoms. The quantitative estimate of drug-likeness (QED) is 0.674. The Hall–Kier alpha value is -1.48. The molecule has 3 aromatic rings. The number of sulfonamides is 1. The summed E-state index contributed by atoms with van der Waals surface area (Å²) in [6, 6.07) is 5.10. The van der Waals surface area contributed by atoms with Gasteiger partial charge in [-0.25, -0.2) is 18.1 Å². The summed E-state index contributed by atoms with van der Waals surface area (Å²) in [5.41, 5.74) is 0.987. The fraction of sp³-hybridized carbons (Fsp3) is 0.353. The van der Waals surface area contributed by atoms with E-state index in [1.165, 1.54) is 11.3 Å². The van der Waals surface area contributed by atoms with Crippen LogP contribution in [0.15, 0.2) is 33.8 Å². The van der Waals surface area contributed by atoms with Crippen LogP contribution in [0.1, 0.15) is 28.1 Å². The Kier molecular flexibility index (Phi) is 5.15. The van der Waals surface area contributed by atoms with Crippen LogP contribution < -0.4 is 4.72 Å². The van der Waals surface area contributed by atoms with Crippen molar-refractivity contribution in [3.63, 3.8) is 0 Å². The third-order valence-electron chi connectivity index (χ3n) is 3.84. The maximum absolute atomic E-state index is 12.8. The largest absolute Gasteiger partial charge is 0.469 e. The lowest BCUT2D eigenvalue weighted by Crippen LogP contribution is -2.34. The highest BCUT2D eigenvalue weighted by atomic mass is 32.2. The second-order valence-electron chi connectivity index (χ2n) is 6.00. The summed E-state index contributed by atoms with van der Waals surface area (Å²) in [6.07, 6.45) is 2.09. The van der Waals surface area contributed by atoms with E-state index in [0.29, 0.717) is 11.3 Å². The monoisotopic (exact) mass is 396 g/mol. The minimum Gasteiger partial charge on any atom is -0.469 e. The van der Waals surface area contributed by atoms with Gasteiger partial charge in [-0.05, 0) is 45.9 Å². The fourth-order valence-electron chi connectivity index (χ4n) is 2.52. The van der Waals surface area contributed by atoms with E-state index in [1.807, 2.05) is 33.8 Å². The SMILES string of the molecule is Cc1nc(-c2cc(S(=O)(=O)N[C@@H](C)Cc3ccco3)c(C)s2)sc1C. The van der Waals surface area contributed by atoms with Crippen LogP contribution in [0.3, 0.4) is 0 Å². The van der Waals surface area contributed by atoms with Gasteiger partial charge in [0.05, 0.1) is 21.7 Å². The summed E-state index contributed by atoms with van der Waals surface area (Å²) < 4.78 is 33.5. The molecule has 5 nitrogen and oxygen atoms in total. The Morgan fingerprint density at radius 3 is 2.60 bits per heavy atom. The first-order valence-electron chi connectivity index (χ1n) is 7.86. The van der Waals surface area contributed by atoms with Crippen LogP contribution in [0.25, 0.3) is 9.88 Å². The molecule has 0 aliphatic rings. The lowest BCUT2D eigenvalue weighted by atomic mass is 10.2. The molecule has 0 bridgehead atoms. The van der Waals surface area contributed by atoms with Crippen molar-refractivity contribution in [1.82, 2.24) is 9.71 Å². The predicted molar refractivity (Wildman–Crippen MR) is 102 cm³/mol. The summed E-state index contributed by atoms with van der Waals surface area (Å²) in [6.45, 7) is 7.64. The zero-order valence-corrected chi connectivity index (χ0v) is 16.9. The van der Waals surface area contributed by atoms with E-state index in [-0.39, 0.29) is 6.04 Å². The maximum Gasteiger partial charge on any atom is 0.241 e. The molecule has 0 saturated carbocycles. The summed E-state index contributed by atoms with van der Waals surface area (Å²) in [4.78, 5) is 7.65. The molecular weight excluding hydrogens is 376 g/mol. The Morgan fingerprint density at radius 2 is 2.00 bits per heavy atom. The van der Waals surface area contributed by atoms with Crippen molar-refractivity contribution in [1.29, 1.82) is 0 Å². The highest BCUT2D eigenvalue weighted by Gasteiger charge is 2.24. The maximum atomic E-state index is 12.8. The van der Waals surface area contributed by atoms with Gasteiger partial charge in [0.1, 0.15) is 10.8 Å². The minimum absolute atomic E-state index is 0.261. The first kappa shape index (κ1) is 18.3. The number of thiophene rings is 1. The van der Waals surface area contributed by atoms with Crippen molar-refractivity contribution in [2.45, 2.75) is 45.1 Å². The van der Waals surface area contributed by atoms with Crippen LogP contribution >= 0.6 is 22.7 Å². The average molecular weight is 397 g/mol.